The van der Waals surface area contributed by atoms with Gasteiger partial charge in [0.1, 0.15) is 0 Å². The molecule has 0 fully saturated rings. The van der Waals surface area contributed by atoms with E-state index in [9.17, 15) is 0 Å². The first-order chi connectivity index (χ1) is 25.8. The minimum Gasteiger partial charge on any atom is -0.450 e. The van der Waals surface area contributed by atoms with Crippen LogP contribution in [0, 0.1) is 0 Å². The van der Waals surface area contributed by atoms with E-state index in [0.717, 1.165) is 22.1 Å². The van der Waals surface area contributed by atoms with E-state index in [1.807, 2.05) is 48.5 Å². The summed E-state index contributed by atoms with van der Waals surface area (Å²) in [5.41, 5.74) is 4.24. The predicted molar refractivity (Wildman–Crippen MR) is 202 cm³/mol. The highest BCUT2D eigenvalue weighted by Crippen LogP contribution is 2.39. The Balaban J connectivity index is 0.000000195. The third-order valence-corrected chi connectivity index (χ3v) is 7.05. The van der Waals surface area contributed by atoms with Crippen LogP contribution in [0.1, 0.15) is 0 Å². The van der Waals surface area contributed by atoms with Crippen molar-refractivity contribution >= 4 is 89.8 Å². The maximum Gasteiger partial charge on any atom is 0.503 e. The van der Waals surface area contributed by atoms with Crippen LogP contribution >= 0.6 is 0 Å². The summed E-state index contributed by atoms with van der Waals surface area (Å²) in [5.74, 6) is 0. The summed E-state index contributed by atoms with van der Waals surface area (Å²) in [4.78, 5) is 48.4. The number of aromatic amines is 2. The average molecular weight is 737 g/mol. The Kier molecular flexibility index (Phi) is 14.8. The lowest BCUT2D eigenvalue weighted by atomic mass is 9.90. The number of nitrogens with one attached hydrogen (secondary N) is 2. The molecule has 2 heterocycles. The molecule has 0 saturated carbocycles. The van der Waals surface area contributed by atoms with Gasteiger partial charge in [-0.2, -0.15) is 0 Å². The third-order valence-electron chi connectivity index (χ3n) is 7.05. The Morgan fingerprint density at radius 2 is 0.630 bits per heavy atom. The van der Waals surface area contributed by atoms with Crippen LogP contribution in [-0.4, -0.2) is 85.4 Å². The molecule has 10 N–H and O–H groups in total. The quantitative estimate of drug-likeness (QED) is 0.0512. The molecule has 0 amide bonds. The van der Waals surface area contributed by atoms with E-state index < -0.39 is 24.6 Å². The van der Waals surface area contributed by atoms with E-state index in [-0.39, 0.29) is 0 Å². The van der Waals surface area contributed by atoms with Gasteiger partial charge in [0, 0.05) is 0 Å². The zero-order valence-corrected chi connectivity index (χ0v) is 27.8. The van der Waals surface area contributed by atoms with Gasteiger partial charge in [-0.05, 0) is 67.4 Å². The Morgan fingerprint density at radius 3 is 0.889 bits per heavy atom. The molecule has 7 aromatic carbocycles. The molecule has 16 heteroatoms. The molecular weight excluding hydrogens is 704 g/mol. The minimum absolute atomic E-state index is 1.03. The fourth-order valence-electron chi connectivity index (χ4n) is 5.34. The van der Waals surface area contributed by atoms with Crippen molar-refractivity contribution < 1.29 is 60.0 Å². The van der Waals surface area contributed by atoms with Gasteiger partial charge in [0.25, 0.3) is 0 Å². The highest BCUT2D eigenvalue weighted by molar-refractivity contribution is 6.32. The largest absolute Gasteiger partial charge is 0.503 e. The zero-order chi connectivity index (χ0) is 39.6. The number of rotatable bonds is 0. The number of nitrogens with zero attached hydrogens (tertiary/aromatic N) is 2. The summed E-state index contributed by atoms with van der Waals surface area (Å²) < 4.78 is 0. The van der Waals surface area contributed by atoms with Crippen LogP contribution in [0.5, 0.6) is 0 Å². The molecule has 9 aromatic rings. The Hall–Kier alpha value is -8.14. The van der Waals surface area contributed by atoms with Crippen molar-refractivity contribution in [2.75, 3.05) is 0 Å². The number of benzene rings is 7. The monoisotopic (exact) mass is 736 g/mol. The highest BCUT2D eigenvalue weighted by Gasteiger charge is 2.11. The first kappa shape index (κ1) is 40.3. The summed E-state index contributed by atoms with van der Waals surface area (Å²) in [6.45, 7) is 0. The van der Waals surface area contributed by atoms with Crippen molar-refractivity contribution in [2.45, 2.75) is 0 Å². The Labute approximate surface area is 303 Å². The van der Waals surface area contributed by atoms with Crippen LogP contribution in [0.3, 0.4) is 0 Å². The lowest BCUT2D eigenvalue weighted by Gasteiger charge is -2.13. The second-order valence-corrected chi connectivity index (χ2v) is 10.4. The van der Waals surface area contributed by atoms with Crippen LogP contribution in [0.2, 0.25) is 0 Å². The van der Waals surface area contributed by atoms with Crippen LogP contribution in [0.15, 0.2) is 134 Å². The molecule has 2 aromatic heterocycles. The van der Waals surface area contributed by atoms with E-state index in [4.69, 9.17) is 60.0 Å². The van der Waals surface area contributed by atoms with Crippen LogP contribution < -0.4 is 0 Å². The minimum atomic E-state index is -1.83. The van der Waals surface area contributed by atoms with E-state index in [1.165, 1.54) is 43.1 Å². The van der Waals surface area contributed by atoms with Gasteiger partial charge in [-0.25, -0.2) is 29.1 Å². The smallest absolute Gasteiger partial charge is 0.450 e. The van der Waals surface area contributed by atoms with Crippen LogP contribution in [0.25, 0.3) is 65.2 Å². The van der Waals surface area contributed by atoms with Gasteiger partial charge in [-0.3, -0.25) is 0 Å². The lowest BCUT2D eigenvalue weighted by molar-refractivity contribution is 0.135. The van der Waals surface area contributed by atoms with Crippen molar-refractivity contribution in [3.8, 4) is 0 Å². The summed E-state index contributed by atoms with van der Waals surface area (Å²) in [7, 11) is 0. The van der Waals surface area contributed by atoms with E-state index in [1.54, 1.807) is 12.7 Å². The molecule has 0 unspecified atom stereocenters. The first-order valence-corrected chi connectivity index (χ1v) is 15.3. The SMILES string of the molecule is O=C(O)O.O=C(O)O.O=C(O)O.O=C(O)O.c1cc2cccc3c4cccc5cccc(c(c1)c23)c54.c1ccc2[nH]cnc2c1.c1ccc2[nH]cnc2c1. The molecule has 0 aliphatic heterocycles. The molecule has 0 spiro atoms. The zero-order valence-electron chi connectivity index (χ0n) is 27.8. The number of H-pyrrole nitrogens is 2. The number of carboxylic acid groups (broad SMARTS) is 8. The molecule has 54 heavy (non-hydrogen) atoms. The summed E-state index contributed by atoms with van der Waals surface area (Å²) in [5, 5.41) is 66.7. The molecule has 0 radical (unpaired) electrons. The maximum absolute atomic E-state index is 8.56. The van der Waals surface area contributed by atoms with Gasteiger partial charge in [-0.15, -0.1) is 0 Å². The molecule has 0 aliphatic rings. The Bertz CT molecular complexity index is 2240. The number of hydrogen-bond donors (Lipinski definition) is 10. The van der Waals surface area contributed by atoms with Crippen molar-refractivity contribution in [1.29, 1.82) is 0 Å². The fourth-order valence-corrected chi connectivity index (χ4v) is 5.34. The van der Waals surface area contributed by atoms with Gasteiger partial charge < -0.3 is 50.8 Å². The summed E-state index contributed by atoms with van der Waals surface area (Å²) in [6, 6.07) is 42.3. The maximum atomic E-state index is 8.56. The van der Waals surface area contributed by atoms with E-state index >= 15 is 0 Å². The van der Waals surface area contributed by atoms with Crippen molar-refractivity contribution in [3.05, 3.63) is 134 Å². The molecule has 0 saturated heterocycles. The number of para-hydroxylation sites is 4. The predicted octanol–water partition coefficient (Wildman–Crippen LogP) is 9.75. The summed E-state index contributed by atoms with van der Waals surface area (Å²) in [6.07, 6.45) is -3.94. The number of fused-ring (bicyclic) bond motifs is 4. The molecule has 276 valence electrons. The number of aromatic nitrogens is 4. The summed E-state index contributed by atoms with van der Waals surface area (Å²) >= 11 is 0. The van der Waals surface area contributed by atoms with E-state index in [0.29, 0.717) is 0 Å². The normalized spacial score (nSPS) is 9.63. The first-order valence-electron chi connectivity index (χ1n) is 15.3. The lowest BCUT2D eigenvalue weighted by Crippen LogP contribution is -1.85. The molecule has 9 rings (SSSR count). The van der Waals surface area contributed by atoms with Gasteiger partial charge in [0.05, 0.1) is 34.7 Å². The van der Waals surface area contributed by atoms with Crippen molar-refractivity contribution in [1.82, 2.24) is 19.9 Å². The molecule has 16 nitrogen and oxygen atoms in total. The molecule has 0 aliphatic carbocycles. The van der Waals surface area contributed by atoms with Gasteiger partial charge >= 0.3 is 24.6 Å². The van der Waals surface area contributed by atoms with Crippen molar-refractivity contribution in [2.24, 2.45) is 0 Å². The number of carbonyl (C=O) groups is 4. The number of hydrogen-bond acceptors (Lipinski definition) is 6. The topological polar surface area (TPSA) is 287 Å². The van der Waals surface area contributed by atoms with Crippen molar-refractivity contribution in [3.63, 3.8) is 0 Å². The third kappa shape index (κ3) is 12.0. The molecular formula is C38H32N4O12. The van der Waals surface area contributed by atoms with Gasteiger partial charge in [0.15, 0.2) is 0 Å². The van der Waals surface area contributed by atoms with Crippen LogP contribution in [0.4, 0.5) is 19.2 Å². The standard InChI is InChI=1S/C20H12.2C7H6N2.4CH2O3/c1-5-13-6-2-11-17-18-12-4-8-14-7-3-10-16(20(14)18)15(9-1)19(13)17;2*1-2-4-7-6(3-1)8-5-9-7;4*2-1(3)4/h1-12H;2*1-5H,(H,8,9);4*(H2,2,3,4). The van der Waals surface area contributed by atoms with Crippen LogP contribution in [-0.2, 0) is 0 Å². The molecule has 0 bridgehead atoms. The fraction of sp³-hybridized carbons (Fsp3) is 0. The number of imidazole rings is 2. The molecule has 0 atom stereocenters. The van der Waals surface area contributed by atoms with E-state index in [2.05, 4.69) is 92.7 Å². The average Bonchev–Trinajstić information content (AvgIpc) is 3.80. The van der Waals surface area contributed by atoms with Gasteiger partial charge in [0.2, 0.25) is 0 Å². The highest BCUT2D eigenvalue weighted by atomic mass is 16.6. The second kappa shape index (κ2) is 19.9. The Morgan fingerprint density at radius 1 is 0.370 bits per heavy atom. The second-order valence-electron chi connectivity index (χ2n) is 10.4. The van der Waals surface area contributed by atoms with Gasteiger partial charge in [-0.1, -0.05) is 97.1 Å².